The highest BCUT2D eigenvalue weighted by Gasteiger charge is 2.36. The van der Waals surface area contributed by atoms with Crippen molar-refractivity contribution in [1.29, 1.82) is 0 Å². The summed E-state index contributed by atoms with van der Waals surface area (Å²) in [5, 5.41) is 2.21. The predicted molar refractivity (Wildman–Crippen MR) is 102 cm³/mol. The third-order valence-corrected chi connectivity index (χ3v) is 4.84. The van der Waals surface area contributed by atoms with E-state index in [2.05, 4.69) is 21.2 Å². The van der Waals surface area contributed by atoms with Crippen molar-refractivity contribution in [3.63, 3.8) is 0 Å². The van der Waals surface area contributed by atoms with Gasteiger partial charge in [-0.1, -0.05) is 46.3 Å². The first-order chi connectivity index (χ1) is 12.0. The van der Waals surface area contributed by atoms with Crippen molar-refractivity contribution in [2.45, 2.75) is 0 Å². The largest absolute Gasteiger partial charge is 0.325 e. The molecule has 126 valence electrons. The van der Waals surface area contributed by atoms with Crippen LogP contribution in [0.4, 0.5) is 10.5 Å². The number of rotatable bonds is 4. The van der Waals surface area contributed by atoms with E-state index in [0.29, 0.717) is 10.6 Å². The summed E-state index contributed by atoms with van der Waals surface area (Å²) in [5.74, 6) is -0.875. The number of nitrogens with one attached hydrogen (secondary N) is 1. The van der Waals surface area contributed by atoms with E-state index in [-0.39, 0.29) is 6.54 Å². The van der Waals surface area contributed by atoms with Gasteiger partial charge in [0.1, 0.15) is 6.54 Å². The maximum atomic E-state index is 12.4. The van der Waals surface area contributed by atoms with Crippen LogP contribution in [0.15, 0.2) is 64.0 Å². The van der Waals surface area contributed by atoms with Gasteiger partial charge in [0.05, 0.1) is 4.91 Å². The fourth-order valence-electron chi connectivity index (χ4n) is 2.21. The first kappa shape index (κ1) is 17.4. The number of carbonyl (C=O) groups excluding carboxylic acids is 3. The Bertz CT molecular complexity index is 850. The normalized spacial score (nSPS) is 15.7. The number of nitrogens with zero attached hydrogens (tertiary/aromatic N) is 1. The molecule has 0 radical (unpaired) electrons. The molecule has 1 heterocycles. The Morgan fingerprint density at radius 2 is 1.76 bits per heavy atom. The first-order valence-corrected chi connectivity index (χ1v) is 9.00. The van der Waals surface area contributed by atoms with Gasteiger partial charge in [0, 0.05) is 10.2 Å². The number of para-hydroxylation sites is 1. The van der Waals surface area contributed by atoms with Gasteiger partial charge in [0.25, 0.3) is 11.1 Å². The van der Waals surface area contributed by atoms with Gasteiger partial charge in [-0.15, -0.1) is 0 Å². The summed E-state index contributed by atoms with van der Waals surface area (Å²) < 4.78 is 0.926. The lowest BCUT2D eigenvalue weighted by molar-refractivity contribution is -0.127. The second kappa shape index (κ2) is 7.67. The van der Waals surface area contributed by atoms with Crippen LogP contribution in [0, 0.1) is 0 Å². The lowest BCUT2D eigenvalue weighted by atomic mass is 10.2. The Kier molecular flexibility index (Phi) is 5.35. The number of halogens is 1. The molecule has 0 bridgehead atoms. The standard InChI is InChI=1S/C18H13BrN2O3S/c19-13-8-6-12(7-9-13)10-15-17(23)21(18(24)25-15)11-16(22)20-14-4-2-1-3-5-14/h1-10H,11H2,(H,20,22)/b15-10+. The molecular weight excluding hydrogens is 404 g/mol. The van der Waals surface area contributed by atoms with Gasteiger partial charge in [0.2, 0.25) is 5.91 Å². The van der Waals surface area contributed by atoms with Crippen LogP contribution in [0.2, 0.25) is 0 Å². The number of hydrogen-bond donors (Lipinski definition) is 1. The Labute approximate surface area is 157 Å². The zero-order valence-corrected chi connectivity index (χ0v) is 15.3. The van der Waals surface area contributed by atoms with Crippen molar-refractivity contribution in [3.8, 4) is 0 Å². The van der Waals surface area contributed by atoms with Gasteiger partial charge in [-0.25, -0.2) is 0 Å². The molecule has 0 saturated carbocycles. The van der Waals surface area contributed by atoms with Crippen molar-refractivity contribution in [2.75, 3.05) is 11.9 Å². The molecule has 0 aliphatic carbocycles. The molecule has 0 atom stereocenters. The molecule has 0 spiro atoms. The van der Waals surface area contributed by atoms with Crippen LogP contribution < -0.4 is 5.32 Å². The Morgan fingerprint density at radius 1 is 1.08 bits per heavy atom. The maximum Gasteiger partial charge on any atom is 0.294 e. The highest BCUT2D eigenvalue weighted by atomic mass is 79.9. The van der Waals surface area contributed by atoms with Crippen LogP contribution >= 0.6 is 27.7 Å². The van der Waals surface area contributed by atoms with Gasteiger partial charge in [-0.05, 0) is 47.7 Å². The van der Waals surface area contributed by atoms with E-state index in [4.69, 9.17) is 0 Å². The van der Waals surface area contributed by atoms with Gasteiger partial charge in [-0.2, -0.15) is 0 Å². The Morgan fingerprint density at radius 3 is 2.44 bits per heavy atom. The van der Waals surface area contributed by atoms with Crippen LogP contribution in [0.25, 0.3) is 6.08 Å². The predicted octanol–water partition coefficient (Wildman–Crippen LogP) is 4.12. The summed E-state index contributed by atoms with van der Waals surface area (Å²) in [6.07, 6.45) is 1.65. The third kappa shape index (κ3) is 4.37. The average Bonchev–Trinajstić information content (AvgIpc) is 2.85. The molecule has 2 aromatic rings. The minimum absolute atomic E-state index is 0.305. The van der Waals surface area contributed by atoms with Crippen LogP contribution in [0.3, 0.4) is 0 Å². The number of benzene rings is 2. The second-order valence-corrected chi connectivity index (χ2v) is 7.14. The molecule has 1 aliphatic rings. The number of thioether (sulfide) groups is 1. The van der Waals surface area contributed by atoms with Crippen molar-refractivity contribution in [2.24, 2.45) is 0 Å². The number of imide groups is 1. The summed E-state index contributed by atoms with van der Waals surface area (Å²) in [6.45, 7) is -0.308. The summed E-state index contributed by atoms with van der Waals surface area (Å²) in [7, 11) is 0. The molecule has 2 aromatic carbocycles. The zero-order valence-electron chi connectivity index (χ0n) is 12.9. The van der Waals surface area contributed by atoms with Crippen LogP contribution in [-0.2, 0) is 9.59 Å². The van der Waals surface area contributed by atoms with Crippen molar-refractivity contribution in [1.82, 2.24) is 4.90 Å². The minimum atomic E-state index is -0.457. The third-order valence-electron chi connectivity index (χ3n) is 3.40. The fourth-order valence-corrected chi connectivity index (χ4v) is 3.31. The van der Waals surface area contributed by atoms with Crippen molar-refractivity contribution < 1.29 is 14.4 Å². The minimum Gasteiger partial charge on any atom is -0.325 e. The quantitative estimate of drug-likeness (QED) is 0.760. The molecule has 7 heteroatoms. The monoisotopic (exact) mass is 416 g/mol. The molecule has 0 unspecified atom stereocenters. The number of anilines is 1. The summed E-state index contributed by atoms with van der Waals surface area (Å²) in [4.78, 5) is 37.8. The van der Waals surface area contributed by atoms with Crippen LogP contribution in [-0.4, -0.2) is 28.5 Å². The molecule has 1 N–H and O–H groups in total. The molecule has 1 aliphatic heterocycles. The first-order valence-electron chi connectivity index (χ1n) is 7.39. The summed E-state index contributed by atoms with van der Waals surface area (Å²) in [6, 6.07) is 16.2. The van der Waals surface area contributed by atoms with Gasteiger partial charge >= 0.3 is 0 Å². The SMILES string of the molecule is O=C(CN1C(=O)S/C(=C/c2ccc(Br)cc2)C1=O)Nc1ccccc1. The number of amides is 3. The zero-order chi connectivity index (χ0) is 17.8. The smallest absolute Gasteiger partial charge is 0.294 e. The molecule has 3 rings (SSSR count). The van der Waals surface area contributed by atoms with Gasteiger partial charge < -0.3 is 5.32 Å². The van der Waals surface area contributed by atoms with Gasteiger partial charge in [-0.3, -0.25) is 19.3 Å². The highest BCUT2D eigenvalue weighted by Crippen LogP contribution is 2.32. The topological polar surface area (TPSA) is 66.5 Å². The van der Waals surface area contributed by atoms with Gasteiger partial charge in [0.15, 0.2) is 0 Å². The molecule has 5 nitrogen and oxygen atoms in total. The van der Waals surface area contributed by atoms with E-state index in [1.165, 1.54) is 0 Å². The Balaban J connectivity index is 1.69. The van der Waals surface area contributed by atoms with E-state index in [1.807, 2.05) is 30.3 Å². The van der Waals surface area contributed by atoms with Crippen LogP contribution in [0.5, 0.6) is 0 Å². The molecule has 25 heavy (non-hydrogen) atoms. The molecule has 3 amide bonds. The maximum absolute atomic E-state index is 12.4. The molecule has 1 saturated heterocycles. The average molecular weight is 417 g/mol. The summed E-state index contributed by atoms with van der Waals surface area (Å²) >= 11 is 4.18. The van der Waals surface area contributed by atoms with E-state index in [0.717, 1.165) is 26.7 Å². The lowest BCUT2D eigenvalue weighted by Crippen LogP contribution is -2.36. The molecule has 0 aromatic heterocycles. The number of carbonyl (C=O) groups is 3. The molecule has 1 fully saturated rings. The van der Waals surface area contributed by atoms with E-state index in [9.17, 15) is 14.4 Å². The van der Waals surface area contributed by atoms with E-state index < -0.39 is 17.1 Å². The summed E-state index contributed by atoms with van der Waals surface area (Å²) in [5.41, 5.74) is 1.42. The number of hydrogen-bond acceptors (Lipinski definition) is 4. The van der Waals surface area contributed by atoms with E-state index in [1.54, 1.807) is 30.3 Å². The van der Waals surface area contributed by atoms with Crippen molar-refractivity contribution >= 4 is 56.5 Å². The van der Waals surface area contributed by atoms with Crippen molar-refractivity contribution in [3.05, 3.63) is 69.5 Å². The lowest BCUT2D eigenvalue weighted by Gasteiger charge is -2.12. The van der Waals surface area contributed by atoms with Crippen LogP contribution in [0.1, 0.15) is 5.56 Å². The Hall–Kier alpha value is -2.38. The highest BCUT2D eigenvalue weighted by molar-refractivity contribution is 9.10. The molecular formula is C18H13BrN2O3S. The second-order valence-electron chi connectivity index (χ2n) is 5.23. The fraction of sp³-hybridized carbons (Fsp3) is 0.0556. The van der Waals surface area contributed by atoms with E-state index >= 15 is 0 Å².